The Labute approximate surface area is 253 Å². The lowest BCUT2D eigenvalue weighted by molar-refractivity contribution is -0.271. The van der Waals surface area contributed by atoms with E-state index in [1.165, 1.54) is 0 Å². The molecule has 0 bridgehead atoms. The topological polar surface area (TPSA) is 241 Å². The summed E-state index contributed by atoms with van der Waals surface area (Å²) in [5.41, 5.74) is 0.574. The number of carbonyl (C=O) groups is 4. The van der Waals surface area contributed by atoms with Crippen molar-refractivity contribution in [2.24, 2.45) is 0 Å². The van der Waals surface area contributed by atoms with Crippen LogP contribution in [-0.4, -0.2) is 182 Å². The number of para-hydroxylation sites is 1. The maximum atomic E-state index is 11.5. The quantitative estimate of drug-likeness (QED) is 0.129. The third-order valence-corrected chi connectivity index (χ3v) is 7.43. The first-order valence-corrected chi connectivity index (χ1v) is 14.1. The monoisotopic (exact) mass is 628 g/mol. The summed E-state index contributed by atoms with van der Waals surface area (Å²) < 4.78 is 11.1. The van der Waals surface area contributed by atoms with Crippen molar-refractivity contribution >= 4 is 23.9 Å². The molecule has 3 rings (SSSR count). The molecule has 246 valence electrons. The van der Waals surface area contributed by atoms with Gasteiger partial charge in [0, 0.05) is 64.5 Å². The van der Waals surface area contributed by atoms with E-state index in [4.69, 9.17) is 9.47 Å². The van der Waals surface area contributed by atoms with Crippen molar-refractivity contribution in [3.05, 3.63) is 29.8 Å². The van der Waals surface area contributed by atoms with Crippen LogP contribution in [0.4, 0.5) is 0 Å². The molecule has 7 N–H and O–H groups in total. The molecule has 0 saturated carbocycles. The van der Waals surface area contributed by atoms with Crippen LogP contribution in [0.2, 0.25) is 0 Å². The van der Waals surface area contributed by atoms with Gasteiger partial charge in [-0.1, -0.05) is 18.2 Å². The Hall–Kier alpha value is -3.42. The van der Waals surface area contributed by atoms with Crippen molar-refractivity contribution in [2.45, 2.75) is 37.3 Å². The van der Waals surface area contributed by atoms with Crippen molar-refractivity contribution in [2.75, 3.05) is 72.0 Å². The average molecular weight is 629 g/mol. The highest BCUT2D eigenvalue weighted by Gasteiger charge is 2.48. The molecule has 2 saturated heterocycles. The summed E-state index contributed by atoms with van der Waals surface area (Å²) in [6, 6.07) is 6.63. The molecular formula is C27H40N4O13. The fourth-order valence-electron chi connectivity index (χ4n) is 5.05. The highest BCUT2D eigenvalue weighted by molar-refractivity contribution is 5.73. The molecule has 2 aliphatic heterocycles. The SMILES string of the molecule is O=C(O)CN1CCN(CC(=O)O)CCN(Cc2ccccc2O[C@@H]2OC(C(=O)O)[C@@H](O)[C@H](O)C2O)CCN(CC(=O)O)CC1. The number of nitrogens with zero attached hydrogens (tertiary/aromatic N) is 4. The summed E-state index contributed by atoms with van der Waals surface area (Å²) in [7, 11) is 0. The zero-order valence-electron chi connectivity index (χ0n) is 24.1. The number of ether oxygens (including phenoxy) is 2. The number of carboxylic acids is 4. The second-order valence-electron chi connectivity index (χ2n) is 10.7. The normalized spacial score (nSPS) is 27.1. The molecule has 0 radical (unpaired) electrons. The molecular weight excluding hydrogens is 588 g/mol. The van der Waals surface area contributed by atoms with Crippen molar-refractivity contribution in [1.82, 2.24) is 19.6 Å². The maximum absolute atomic E-state index is 11.5. The van der Waals surface area contributed by atoms with Crippen LogP contribution in [0.1, 0.15) is 5.56 Å². The van der Waals surface area contributed by atoms with Crippen LogP contribution in [-0.2, 0) is 30.5 Å². The molecule has 2 unspecified atom stereocenters. The number of benzene rings is 1. The van der Waals surface area contributed by atoms with Gasteiger partial charge in [0.2, 0.25) is 6.29 Å². The molecule has 1 aromatic rings. The lowest BCUT2D eigenvalue weighted by Crippen LogP contribution is -2.61. The number of hydrogen-bond donors (Lipinski definition) is 7. The van der Waals surface area contributed by atoms with Crippen LogP contribution >= 0.6 is 0 Å². The van der Waals surface area contributed by atoms with Crippen molar-refractivity contribution < 1.29 is 64.4 Å². The van der Waals surface area contributed by atoms with E-state index in [1.54, 1.807) is 39.0 Å². The van der Waals surface area contributed by atoms with Crippen LogP contribution in [0.3, 0.4) is 0 Å². The average Bonchev–Trinajstić information content (AvgIpc) is 2.94. The van der Waals surface area contributed by atoms with E-state index in [9.17, 15) is 54.9 Å². The lowest BCUT2D eigenvalue weighted by atomic mass is 9.99. The summed E-state index contributed by atoms with van der Waals surface area (Å²) >= 11 is 0. The Morgan fingerprint density at radius 2 is 1.09 bits per heavy atom. The standard InChI is InChI=1S/C27H40N4O13/c32-19(33)14-29-7-5-28(6-8-30(15-20(34)35)10-12-31(11-9-29)16-21(36)37)13-17-3-1-2-4-18(17)43-27-24(40)22(38)23(39)25(44-27)26(41)42/h1-4,22-25,27,38-40H,5-16H2,(H,32,33)(H,34,35)(H,36,37)(H,41,42)/t22-,23-,24?,25?,27+/m0/s1. The van der Waals surface area contributed by atoms with E-state index in [-0.39, 0.29) is 58.1 Å². The number of rotatable bonds is 11. The number of hydrogen-bond acceptors (Lipinski definition) is 13. The van der Waals surface area contributed by atoms with Gasteiger partial charge in [-0.05, 0) is 6.07 Å². The predicted molar refractivity (Wildman–Crippen MR) is 149 cm³/mol. The van der Waals surface area contributed by atoms with Gasteiger partial charge in [-0.15, -0.1) is 0 Å². The lowest BCUT2D eigenvalue weighted by Gasteiger charge is -2.38. The summed E-state index contributed by atoms with van der Waals surface area (Å²) in [5.74, 6) is -4.48. The summed E-state index contributed by atoms with van der Waals surface area (Å²) in [4.78, 5) is 53.0. The fraction of sp³-hybridized carbons (Fsp3) is 0.630. The molecule has 0 aliphatic carbocycles. The molecule has 2 fully saturated rings. The van der Waals surface area contributed by atoms with Crippen LogP contribution in [0.5, 0.6) is 5.75 Å². The first-order valence-electron chi connectivity index (χ1n) is 14.1. The molecule has 17 heteroatoms. The Balaban J connectivity index is 1.81. The first-order chi connectivity index (χ1) is 20.8. The molecule has 44 heavy (non-hydrogen) atoms. The van der Waals surface area contributed by atoms with Gasteiger partial charge in [-0.25, -0.2) is 4.79 Å². The summed E-state index contributed by atoms with van der Waals surface area (Å²) in [6.45, 7) is 1.75. The Kier molecular flexibility index (Phi) is 13.2. The molecule has 2 aliphatic rings. The summed E-state index contributed by atoms with van der Waals surface area (Å²) in [6.07, 6.45) is -8.94. The van der Waals surface area contributed by atoms with Crippen LogP contribution < -0.4 is 4.74 Å². The van der Waals surface area contributed by atoms with Crippen LogP contribution in [0.15, 0.2) is 24.3 Å². The van der Waals surface area contributed by atoms with Gasteiger partial charge in [0.15, 0.2) is 6.10 Å². The number of aliphatic hydroxyl groups is 3. The van der Waals surface area contributed by atoms with Gasteiger partial charge in [-0.3, -0.25) is 34.0 Å². The van der Waals surface area contributed by atoms with E-state index in [0.717, 1.165) is 0 Å². The Morgan fingerprint density at radius 3 is 1.52 bits per heavy atom. The largest absolute Gasteiger partial charge is 0.480 e. The molecule has 2 heterocycles. The van der Waals surface area contributed by atoms with Crippen LogP contribution in [0, 0.1) is 0 Å². The predicted octanol–water partition coefficient (Wildman–Crippen LogP) is -3.07. The van der Waals surface area contributed by atoms with Gasteiger partial charge >= 0.3 is 23.9 Å². The van der Waals surface area contributed by atoms with Gasteiger partial charge in [-0.2, -0.15) is 0 Å². The smallest absolute Gasteiger partial charge is 0.335 e. The van der Waals surface area contributed by atoms with Gasteiger partial charge in [0.05, 0.1) is 19.6 Å². The molecule has 5 atom stereocenters. The van der Waals surface area contributed by atoms with Gasteiger partial charge in [0.1, 0.15) is 24.1 Å². The molecule has 1 aromatic carbocycles. The highest BCUT2D eigenvalue weighted by Crippen LogP contribution is 2.27. The molecule has 0 amide bonds. The second kappa shape index (κ2) is 16.6. The zero-order valence-corrected chi connectivity index (χ0v) is 24.1. The Bertz CT molecular complexity index is 1110. The van der Waals surface area contributed by atoms with Crippen LogP contribution in [0.25, 0.3) is 0 Å². The van der Waals surface area contributed by atoms with Crippen molar-refractivity contribution in [1.29, 1.82) is 0 Å². The first kappa shape index (κ1) is 35.1. The van der Waals surface area contributed by atoms with Crippen molar-refractivity contribution in [3.8, 4) is 5.75 Å². The number of aliphatic carboxylic acids is 4. The highest BCUT2D eigenvalue weighted by atomic mass is 16.7. The second-order valence-corrected chi connectivity index (χ2v) is 10.7. The van der Waals surface area contributed by atoms with E-state index in [0.29, 0.717) is 31.7 Å². The number of aliphatic hydroxyl groups excluding tert-OH is 3. The van der Waals surface area contributed by atoms with E-state index in [2.05, 4.69) is 0 Å². The fourth-order valence-corrected chi connectivity index (χ4v) is 5.05. The number of carboxylic acid groups (broad SMARTS) is 4. The maximum Gasteiger partial charge on any atom is 0.335 e. The van der Waals surface area contributed by atoms with E-state index >= 15 is 0 Å². The summed E-state index contributed by atoms with van der Waals surface area (Å²) in [5, 5.41) is 68.1. The van der Waals surface area contributed by atoms with E-state index < -0.39 is 54.6 Å². The minimum atomic E-state index is -1.88. The van der Waals surface area contributed by atoms with E-state index in [1.807, 2.05) is 4.90 Å². The third kappa shape index (κ3) is 10.6. The third-order valence-electron chi connectivity index (χ3n) is 7.43. The zero-order chi connectivity index (χ0) is 32.4. The van der Waals surface area contributed by atoms with Crippen molar-refractivity contribution in [3.63, 3.8) is 0 Å². The molecule has 17 nitrogen and oxygen atoms in total. The minimum Gasteiger partial charge on any atom is -0.480 e. The molecule has 0 spiro atoms. The molecule has 0 aromatic heterocycles. The minimum absolute atomic E-state index is 0.199. The Morgan fingerprint density at radius 1 is 0.659 bits per heavy atom. The van der Waals surface area contributed by atoms with Gasteiger partial charge in [0.25, 0.3) is 0 Å². The van der Waals surface area contributed by atoms with Gasteiger partial charge < -0.3 is 45.2 Å².